The van der Waals surface area contributed by atoms with Crippen molar-refractivity contribution in [3.63, 3.8) is 0 Å². The van der Waals surface area contributed by atoms with Crippen molar-refractivity contribution in [1.29, 1.82) is 0 Å². The van der Waals surface area contributed by atoms with Gasteiger partial charge in [-0.2, -0.15) is 0 Å². The van der Waals surface area contributed by atoms with E-state index in [1.165, 1.54) is 6.07 Å². The molecule has 0 spiro atoms. The Kier molecular flexibility index (Phi) is 2.63. The van der Waals surface area contributed by atoms with Crippen LogP contribution in [0, 0.1) is 11.7 Å². The Morgan fingerprint density at radius 3 is 3.12 bits per heavy atom. The van der Waals surface area contributed by atoms with E-state index in [-0.39, 0.29) is 5.82 Å². The minimum atomic E-state index is -0.201. The standard InChI is InChI=1S/C14H16FNO/c1-9-8-16-4-2-11(9)13-6-10(15)7-14-12(13)3-5-17-14/h3,5-7,9,11,16H,2,4,8H2,1H3/t9-,11+/m0/s1. The molecule has 2 heterocycles. The summed E-state index contributed by atoms with van der Waals surface area (Å²) in [5, 5.41) is 4.43. The molecule has 0 aliphatic carbocycles. The van der Waals surface area contributed by atoms with Crippen LogP contribution in [-0.4, -0.2) is 13.1 Å². The molecule has 17 heavy (non-hydrogen) atoms. The van der Waals surface area contributed by atoms with Crippen LogP contribution < -0.4 is 5.32 Å². The fourth-order valence-corrected chi connectivity index (χ4v) is 2.85. The van der Waals surface area contributed by atoms with Crippen LogP contribution in [0.3, 0.4) is 0 Å². The first-order valence-electron chi connectivity index (χ1n) is 6.13. The maximum absolute atomic E-state index is 13.6. The molecule has 3 heteroatoms. The highest BCUT2D eigenvalue weighted by Crippen LogP contribution is 2.35. The summed E-state index contributed by atoms with van der Waals surface area (Å²) in [6, 6.07) is 5.08. The first-order chi connectivity index (χ1) is 8.25. The number of benzene rings is 1. The molecule has 0 saturated carbocycles. The summed E-state index contributed by atoms with van der Waals surface area (Å²) in [6.45, 7) is 4.22. The van der Waals surface area contributed by atoms with Crippen LogP contribution >= 0.6 is 0 Å². The van der Waals surface area contributed by atoms with Crippen LogP contribution in [0.2, 0.25) is 0 Å². The SMILES string of the molecule is C[C@H]1CNCC[C@H]1c1cc(F)cc2occc12. The number of piperidine rings is 1. The summed E-state index contributed by atoms with van der Waals surface area (Å²) in [6.07, 6.45) is 2.70. The molecule has 0 amide bonds. The smallest absolute Gasteiger partial charge is 0.137 e. The van der Waals surface area contributed by atoms with Gasteiger partial charge in [0.05, 0.1) is 6.26 Å². The Morgan fingerprint density at radius 2 is 2.29 bits per heavy atom. The van der Waals surface area contributed by atoms with E-state index in [1.807, 2.05) is 6.07 Å². The van der Waals surface area contributed by atoms with Crippen molar-refractivity contribution in [3.8, 4) is 0 Å². The predicted molar refractivity (Wildman–Crippen MR) is 65.6 cm³/mol. The zero-order chi connectivity index (χ0) is 11.8. The largest absolute Gasteiger partial charge is 0.464 e. The van der Waals surface area contributed by atoms with Crippen LogP contribution in [0.5, 0.6) is 0 Å². The summed E-state index contributed by atoms with van der Waals surface area (Å²) in [5.74, 6) is 0.754. The quantitative estimate of drug-likeness (QED) is 0.817. The van der Waals surface area contributed by atoms with Crippen LogP contribution in [-0.2, 0) is 0 Å². The highest BCUT2D eigenvalue weighted by molar-refractivity contribution is 5.81. The molecule has 2 atom stereocenters. The molecule has 1 saturated heterocycles. The maximum Gasteiger partial charge on any atom is 0.137 e. The zero-order valence-corrected chi connectivity index (χ0v) is 9.87. The van der Waals surface area contributed by atoms with E-state index in [0.29, 0.717) is 17.4 Å². The van der Waals surface area contributed by atoms with E-state index in [1.54, 1.807) is 12.3 Å². The van der Waals surface area contributed by atoms with Crippen LogP contribution in [0.25, 0.3) is 11.0 Å². The summed E-state index contributed by atoms with van der Waals surface area (Å²) >= 11 is 0. The molecule has 1 aliphatic rings. The first kappa shape index (κ1) is 10.8. The number of hydrogen-bond acceptors (Lipinski definition) is 2. The van der Waals surface area contributed by atoms with Gasteiger partial charge >= 0.3 is 0 Å². The lowest BCUT2D eigenvalue weighted by atomic mass is 9.81. The van der Waals surface area contributed by atoms with Gasteiger partial charge in [0, 0.05) is 11.5 Å². The Balaban J connectivity index is 2.11. The summed E-state index contributed by atoms with van der Waals surface area (Å²) in [7, 11) is 0. The van der Waals surface area contributed by atoms with Crippen molar-refractivity contribution in [2.24, 2.45) is 5.92 Å². The van der Waals surface area contributed by atoms with Gasteiger partial charge in [-0.1, -0.05) is 6.92 Å². The van der Waals surface area contributed by atoms with Crippen molar-refractivity contribution >= 4 is 11.0 Å². The molecule has 1 aromatic carbocycles. The third-order valence-electron chi connectivity index (χ3n) is 3.75. The highest BCUT2D eigenvalue weighted by Gasteiger charge is 2.25. The van der Waals surface area contributed by atoms with Crippen molar-refractivity contribution in [2.45, 2.75) is 19.3 Å². The van der Waals surface area contributed by atoms with Crippen LogP contribution in [0.1, 0.15) is 24.8 Å². The van der Waals surface area contributed by atoms with E-state index < -0.39 is 0 Å². The highest BCUT2D eigenvalue weighted by atomic mass is 19.1. The second kappa shape index (κ2) is 4.15. The lowest BCUT2D eigenvalue weighted by Crippen LogP contribution is -2.33. The number of halogens is 1. The van der Waals surface area contributed by atoms with Gasteiger partial charge in [0.15, 0.2) is 0 Å². The topological polar surface area (TPSA) is 25.2 Å². The van der Waals surface area contributed by atoms with Crippen LogP contribution in [0.15, 0.2) is 28.9 Å². The van der Waals surface area contributed by atoms with Gasteiger partial charge in [0.25, 0.3) is 0 Å². The minimum Gasteiger partial charge on any atom is -0.464 e. The van der Waals surface area contributed by atoms with Gasteiger partial charge in [0.1, 0.15) is 11.4 Å². The molecule has 2 aromatic rings. The molecule has 0 unspecified atom stereocenters. The predicted octanol–water partition coefficient (Wildman–Crippen LogP) is 3.28. The number of nitrogens with one attached hydrogen (secondary N) is 1. The molecule has 1 fully saturated rings. The Labute approximate surface area is 99.8 Å². The lowest BCUT2D eigenvalue weighted by Gasteiger charge is -2.30. The number of furan rings is 1. The molecule has 90 valence electrons. The van der Waals surface area contributed by atoms with Gasteiger partial charge in [-0.3, -0.25) is 0 Å². The van der Waals surface area contributed by atoms with Gasteiger partial charge < -0.3 is 9.73 Å². The van der Waals surface area contributed by atoms with Gasteiger partial charge in [-0.15, -0.1) is 0 Å². The normalized spacial score (nSPS) is 25.3. The Hall–Kier alpha value is -1.35. The third-order valence-corrected chi connectivity index (χ3v) is 3.75. The minimum absolute atomic E-state index is 0.201. The number of fused-ring (bicyclic) bond motifs is 1. The average molecular weight is 233 g/mol. The Bertz CT molecular complexity index is 534. The van der Waals surface area contributed by atoms with E-state index in [2.05, 4.69) is 12.2 Å². The lowest BCUT2D eigenvalue weighted by molar-refractivity contribution is 0.350. The molecular weight excluding hydrogens is 217 g/mol. The van der Waals surface area contributed by atoms with Crippen molar-refractivity contribution in [3.05, 3.63) is 35.8 Å². The molecule has 3 rings (SSSR count). The third kappa shape index (κ3) is 1.84. The van der Waals surface area contributed by atoms with Gasteiger partial charge in [-0.25, -0.2) is 4.39 Å². The van der Waals surface area contributed by atoms with E-state index in [0.717, 1.165) is 30.5 Å². The summed E-state index contributed by atoms with van der Waals surface area (Å²) in [5.41, 5.74) is 1.76. The first-order valence-corrected chi connectivity index (χ1v) is 6.13. The fourth-order valence-electron chi connectivity index (χ4n) is 2.85. The van der Waals surface area contributed by atoms with Gasteiger partial charge in [-0.05, 0) is 49.0 Å². The van der Waals surface area contributed by atoms with E-state index in [9.17, 15) is 4.39 Å². The Morgan fingerprint density at radius 1 is 1.41 bits per heavy atom. The molecular formula is C14H16FNO. The van der Waals surface area contributed by atoms with E-state index >= 15 is 0 Å². The maximum atomic E-state index is 13.6. The average Bonchev–Trinajstić information content (AvgIpc) is 2.76. The van der Waals surface area contributed by atoms with E-state index in [4.69, 9.17) is 4.42 Å². The van der Waals surface area contributed by atoms with Gasteiger partial charge in [0.2, 0.25) is 0 Å². The van der Waals surface area contributed by atoms with Crippen molar-refractivity contribution in [2.75, 3.05) is 13.1 Å². The second-order valence-corrected chi connectivity index (χ2v) is 4.90. The fraction of sp³-hybridized carbons (Fsp3) is 0.429. The molecule has 1 aromatic heterocycles. The van der Waals surface area contributed by atoms with Crippen molar-refractivity contribution in [1.82, 2.24) is 5.32 Å². The second-order valence-electron chi connectivity index (χ2n) is 4.90. The summed E-state index contributed by atoms with van der Waals surface area (Å²) in [4.78, 5) is 0. The zero-order valence-electron chi connectivity index (χ0n) is 9.87. The summed E-state index contributed by atoms with van der Waals surface area (Å²) < 4.78 is 18.9. The van der Waals surface area contributed by atoms with Crippen LogP contribution in [0.4, 0.5) is 4.39 Å². The molecule has 0 bridgehead atoms. The molecule has 1 N–H and O–H groups in total. The molecule has 0 radical (unpaired) electrons. The molecule has 2 nitrogen and oxygen atoms in total. The monoisotopic (exact) mass is 233 g/mol. The number of rotatable bonds is 1. The number of hydrogen-bond donors (Lipinski definition) is 1. The van der Waals surface area contributed by atoms with Crippen molar-refractivity contribution < 1.29 is 8.81 Å². The molecule has 1 aliphatic heterocycles.